The Kier molecular flexibility index (Phi) is 3.70. The van der Waals surface area contributed by atoms with Gasteiger partial charge in [0.2, 0.25) is 0 Å². The van der Waals surface area contributed by atoms with Crippen molar-refractivity contribution >= 4 is 17.8 Å². The van der Waals surface area contributed by atoms with E-state index >= 15 is 0 Å². The maximum Gasteiger partial charge on any atom is 0.327 e. The molecule has 3 fully saturated rings. The molecule has 0 N–H and O–H groups in total. The first-order valence-corrected chi connectivity index (χ1v) is 8.98. The van der Waals surface area contributed by atoms with E-state index in [-0.39, 0.29) is 18.0 Å². The molecular weight excluding hydrogens is 304 g/mol. The molecule has 1 aromatic heterocycles. The number of hydrogen-bond donors (Lipinski definition) is 0. The van der Waals surface area contributed by atoms with Gasteiger partial charge in [-0.15, -0.1) is 0 Å². The molecule has 0 aromatic carbocycles. The fourth-order valence-electron chi connectivity index (χ4n) is 4.62. The van der Waals surface area contributed by atoms with Gasteiger partial charge in [0.15, 0.2) is 0 Å². The highest BCUT2D eigenvalue weighted by Gasteiger charge is 2.60. The van der Waals surface area contributed by atoms with Crippen LogP contribution in [0.4, 0.5) is 10.6 Å². The molecule has 0 spiro atoms. The second-order valence-corrected chi connectivity index (χ2v) is 7.07. The molecule has 2 atom stereocenters. The Balaban J connectivity index is 1.55. The number of imide groups is 1. The number of nitrogens with zero attached hydrogens (tertiary/aromatic N) is 4. The number of anilines is 1. The van der Waals surface area contributed by atoms with Crippen LogP contribution in [0.15, 0.2) is 24.4 Å². The van der Waals surface area contributed by atoms with Crippen molar-refractivity contribution in [1.29, 1.82) is 0 Å². The average Bonchev–Trinajstić information content (AvgIpc) is 3.27. The number of amides is 3. The number of fused-ring (bicyclic) bond motifs is 1. The molecule has 4 heterocycles. The quantitative estimate of drug-likeness (QED) is 0.796. The smallest absolute Gasteiger partial charge is 0.327 e. The Morgan fingerprint density at radius 2 is 2.17 bits per heavy atom. The molecule has 4 rings (SSSR count). The number of carbonyl (C=O) groups excluding carboxylic acids is 2. The highest BCUT2D eigenvalue weighted by molar-refractivity contribution is 6.07. The minimum Gasteiger partial charge on any atom is -0.354 e. The van der Waals surface area contributed by atoms with E-state index in [1.54, 1.807) is 11.1 Å². The van der Waals surface area contributed by atoms with Gasteiger partial charge in [-0.3, -0.25) is 9.69 Å². The fraction of sp³-hybridized carbons (Fsp3) is 0.611. The molecule has 0 saturated carbocycles. The number of rotatable bonds is 4. The lowest BCUT2D eigenvalue weighted by molar-refractivity contribution is -0.134. The summed E-state index contributed by atoms with van der Waals surface area (Å²) in [7, 11) is 0. The van der Waals surface area contributed by atoms with Gasteiger partial charge in [-0.05, 0) is 37.8 Å². The van der Waals surface area contributed by atoms with Crippen molar-refractivity contribution in [3.63, 3.8) is 0 Å². The molecule has 6 heteroatoms. The zero-order valence-electron chi connectivity index (χ0n) is 14.1. The van der Waals surface area contributed by atoms with Crippen LogP contribution in [-0.2, 0) is 4.79 Å². The van der Waals surface area contributed by atoms with Gasteiger partial charge in [0.05, 0.1) is 6.04 Å². The van der Waals surface area contributed by atoms with Crippen LogP contribution in [0.5, 0.6) is 0 Å². The van der Waals surface area contributed by atoms with E-state index in [0.29, 0.717) is 6.54 Å². The molecule has 1 aromatic rings. The van der Waals surface area contributed by atoms with Gasteiger partial charge in [-0.2, -0.15) is 0 Å². The molecule has 3 amide bonds. The van der Waals surface area contributed by atoms with E-state index in [1.165, 1.54) is 0 Å². The molecule has 3 aliphatic rings. The van der Waals surface area contributed by atoms with Gasteiger partial charge >= 0.3 is 6.03 Å². The van der Waals surface area contributed by atoms with E-state index in [2.05, 4.69) is 16.8 Å². The van der Waals surface area contributed by atoms with Gasteiger partial charge in [-0.1, -0.05) is 19.4 Å². The first kappa shape index (κ1) is 15.4. The third-order valence-electron chi connectivity index (χ3n) is 5.71. The SMILES string of the molecule is CCC[C@@]12CCCN1C(=O)N([C@@H]1CCN(c3ccccn3)C1)C2=O. The highest BCUT2D eigenvalue weighted by Crippen LogP contribution is 2.42. The van der Waals surface area contributed by atoms with Crippen LogP contribution < -0.4 is 4.90 Å². The van der Waals surface area contributed by atoms with E-state index in [4.69, 9.17) is 0 Å². The topological polar surface area (TPSA) is 56.8 Å². The summed E-state index contributed by atoms with van der Waals surface area (Å²) in [6, 6.07) is 5.74. The van der Waals surface area contributed by atoms with Gasteiger partial charge in [0.1, 0.15) is 11.4 Å². The first-order chi connectivity index (χ1) is 11.7. The largest absolute Gasteiger partial charge is 0.354 e. The van der Waals surface area contributed by atoms with Crippen LogP contribution in [0, 0.1) is 0 Å². The van der Waals surface area contributed by atoms with E-state index in [9.17, 15) is 9.59 Å². The summed E-state index contributed by atoms with van der Waals surface area (Å²) >= 11 is 0. The summed E-state index contributed by atoms with van der Waals surface area (Å²) in [5, 5.41) is 0. The van der Waals surface area contributed by atoms with Gasteiger partial charge in [0, 0.05) is 25.8 Å². The molecule has 0 radical (unpaired) electrons. The van der Waals surface area contributed by atoms with Crippen molar-refractivity contribution in [2.75, 3.05) is 24.5 Å². The molecule has 6 nitrogen and oxygen atoms in total. The number of aromatic nitrogens is 1. The van der Waals surface area contributed by atoms with Crippen molar-refractivity contribution < 1.29 is 9.59 Å². The number of hydrogen-bond acceptors (Lipinski definition) is 4. The molecule has 128 valence electrons. The average molecular weight is 328 g/mol. The second-order valence-electron chi connectivity index (χ2n) is 7.07. The zero-order valence-corrected chi connectivity index (χ0v) is 14.1. The molecule has 0 unspecified atom stereocenters. The van der Waals surface area contributed by atoms with Crippen LogP contribution in [0.25, 0.3) is 0 Å². The first-order valence-electron chi connectivity index (χ1n) is 8.98. The minimum absolute atomic E-state index is 0.0358. The highest BCUT2D eigenvalue weighted by atomic mass is 16.2. The maximum atomic E-state index is 13.2. The Labute approximate surface area is 142 Å². The van der Waals surface area contributed by atoms with Gasteiger partial charge < -0.3 is 9.80 Å². The van der Waals surface area contributed by atoms with Crippen LogP contribution in [0.1, 0.15) is 39.0 Å². The zero-order chi connectivity index (χ0) is 16.7. The van der Waals surface area contributed by atoms with Gasteiger partial charge in [0.25, 0.3) is 5.91 Å². The molecule has 24 heavy (non-hydrogen) atoms. The summed E-state index contributed by atoms with van der Waals surface area (Å²) in [4.78, 5) is 36.0. The standard InChI is InChI=1S/C18H24N4O2/c1-2-8-18-9-5-11-21(18)17(24)22(16(18)23)14-7-12-20(13-14)15-6-3-4-10-19-15/h3-4,6,10,14H,2,5,7-9,11-13H2,1H3/t14-,18+/m1/s1. The van der Waals surface area contributed by atoms with Crippen LogP contribution in [-0.4, -0.2) is 57.9 Å². The summed E-state index contributed by atoms with van der Waals surface area (Å²) in [6.45, 7) is 4.33. The summed E-state index contributed by atoms with van der Waals surface area (Å²) < 4.78 is 0. The van der Waals surface area contributed by atoms with Crippen molar-refractivity contribution in [3.05, 3.63) is 24.4 Å². The predicted molar refractivity (Wildman–Crippen MR) is 90.7 cm³/mol. The number of pyridine rings is 1. The van der Waals surface area contributed by atoms with E-state index < -0.39 is 5.54 Å². The molecule has 3 aliphatic heterocycles. The van der Waals surface area contributed by atoms with E-state index in [1.807, 2.05) is 23.1 Å². The monoisotopic (exact) mass is 328 g/mol. The van der Waals surface area contributed by atoms with Crippen LogP contribution in [0.3, 0.4) is 0 Å². The van der Waals surface area contributed by atoms with Crippen molar-refractivity contribution in [2.45, 2.75) is 50.6 Å². The lowest BCUT2D eigenvalue weighted by Gasteiger charge is -2.27. The van der Waals surface area contributed by atoms with Crippen LogP contribution >= 0.6 is 0 Å². The summed E-state index contributed by atoms with van der Waals surface area (Å²) in [6.07, 6.45) is 6.07. The molecule has 0 bridgehead atoms. The Hall–Kier alpha value is -2.11. The lowest BCUT2D eigenvalue weighted by Crippen LogP contribution is -2.46. The molecular formula is C18H24N4O2. The number of urea groups is 1. The molecule has 0 aliphatic carbocycles. The third kappa shape index (κ3) is 2.12. The predicted octanol–water partition coefficient (Wildman–Crippen LogP) is 2.26. The van der Waals surface area contributed by atoms with E-state index in [0.717, 1.165) is 51.0 Å². The van der Waals surface area contributed by atoms with Gasteiger partial charge in [-0.25, -0.2) is 9.78 Å². The summed E-state index contributed by atoms with van der Waals surface area (Å²) in [5.74, 6) is 0.961. The second kappa shape index (κ2) is 5.76. The van der Waals surface area contributed by atoms with Crippen molar-refractivity contribution in [1.82, 2.24) is 14.8 Å². The van der Waals surface area contributed by atoms with Crippen LogP contribution in [0.2, 0.25) is 0 Å². The lowest BCUT2D eigenvalue weighted by atomic mass is 9.90. The van der Waals surface area contributed by atoms with Crippen molar-refractivity contribution in [2.24, 2.45) is 0 Å². The Morgan fingerprint density at radius 1 is 1.29 bits per heavy atom. The summed E-state index contributed by atoms with van der Waals surface area (Å²) in [5.41, 5.74) is -0.551. The van der Waals surface area contributed by atoms with Crippen molar-refractivity contribution in [3.8, 4) is 0 Å². The number of carbonyl (C=O) groups is 2. The Morgan fingerprint density at radius 3 is 2.92 bits per heavy atom. The minimum atomic E-state index is -0.551. The Bertz CT molecular complexity index is 650. The maximum absolute atomic E-state index is 13.2. The third-order valence-corrected chi connectivity index (χ3v) is 5.71. The molecule has 3 saturated heterocycles. The normalized spacial score (nSPS) is 29.7. The fourth-order valence-corrected chi connectivity index (χ4v) is 4.62.